The van der Waals surface area contributed by atoms with Gasteiger partial charge in [0.2, 0.25) is 0 Å². The summed E-state index contributed by atoms with van der Waals surface area (Å²) >= 11 is 2.22. The molecule has 23 heavy (non-hydrogen) atoms. The average molecular weight is 437 g/mol. The maximum Gasteiger partial charge on any atom is 0.119 e. The number of hydrogen-bond donors (Lipinski definition) is 1. The van der Waals surface area contributed by atoms with Crippen molar-refractivity contribution >= 4 is 22.9 Å². The first-order valence-corrected chi connectivity index (χ1v) is 8.88. The van der Waals surface area contributed by atoms with Crippen molar-refractivity contribution in [1.82, 2.24) is 3.11 Å². The Morgan fingerprint density at radius 3 is 2.35 bits per heavy atom. The van der Waals surface area contributed by atoms with Crippen molar-refractivity contribution in [3.63, 3.8) is 0 Å². The topological polar surface area (TPSA) is 51.2 Å². The third-order valence-electron chi connectivity index (χ3n) is 3.33. The van der Waals surface area contributed by atoms with Gasteiger partial charge in [0.1, 0.15) is 24.6 Å². The van der Waals surface area contributed by atoms with Gasteiger partial charge in [-0.2, -0.15) is 0 Å². The third kappa shape index (κ3) is 7.80. The molecule has 1 rings (SSSR count). The minimum atomic E-state index is -0.515. The Morgan fingerprint density at radius 2 is 1.83 bits per heavy atom. The zero-order chi connectivity index (χ0) is 17.2. The molecule has 1 aromatic rings. The van der Waals surface area contributed by atoms with E-state index in [0.717, 1.165) is 11.3 Å². The lowest BCUT2D eigenvalue weighted by molar-refractivity contribution is 0.00276. The molecule has 0 amide bonds. The number of aliphatic hydroxyl groups excluding tert-OH is 1. The number of rotatable bonds is 11. The van der Waals surface area contributed by atoms with Gasteiger partial charge in [0.25, 0.3) is 0 Å². The van der Waals surface area contributed by atoms with Gasteiger partial charge in [-0.25, -0.2) is 3.11 Å². The highest BCUT2D eigenvalue weighted by Crippen LogP contribution is 2.21. The van der Waals surface area contributed by atoms with Crippen molar-refractivity contribution in [2.24, 2.45) is 0 Å². The Bertz CT molecular complexity index is 421. The van der Waals surface area contributed by atoms with E-state index in [2.05, 4.69) is 39.8 Å². The van der Waals surface area contributed by atoms with Gasteiger partial charge in [-0.1, -0.05) is 12.1 Å². The normalized spacial score (nSPS) is 14.3. The van der Waals surface area contributed by atoms with Crippen LogP contribution in [0.4, 0.5) is 0 Å². The average Bonchev–Trinajstić information content (AvgIpc) is 2.53. The molecule has 0 radical (unpaired) electrons. The van der Waals surface area contributed by atoms with Crippen molar-refractivity contribution in [2.75, 3.05) is 33.5 Å². The fourth-order valence-electron chi connectivity index (χ4n) is 2.03. The van der Waals surface area contributed by atoms with Crippen LogP contribution in [0.1, 0.15) is 32.4 Å². The Labute approximate surface area is 153 Å². The highest BCUT2D eigenvalue weighted by atomic mass is 127. The van der Waals surface area contributed by atoms with Gasteiger partial charge in [-0.15, -0.1) is 0 Å². The molecule has 0 saturated heterocycles. The summed E-state index contributed by atoms with van der Waals surface area (Å²) in [5.74, 6) is 0.741. The highest BCUT2D eigenvalue weighted by Gasteiger charge is 2.14. The van der Waals surface area contributed by atoms with E-state index in [1.807, 2.05) is 31.2 Å². The summed E-state index contributed by atoms with van der Waals surface area (Å²) < 4.78 is 18.6. The third-order valence-corrected chi connectivity index (χ3v) is 4.83. The van der Waals surface area contributed by atoms with Crippen LogP contribution in [0.2, 0.25) is 0 Å². The predicted octanol–water partition coefficient (Wildman–Crippen LogP) is 3.21. The number of halogens is 1. The number of nitrogens with zero attached hydrogens (tertiary/aromatic N) is 1. The van der Waals surface area contributed by atoms with Crippen LogP contribution in [0.3, 0.4) is 0 Å². The number of methoxy groups -OCH3 is 1. The van der Waals surface area contributed by atoms with Crippen LogP contribution < -0.4 is 4.74 Å². The summed E-state index contributed by atoms with van der Waals surface area (Å²) in [4.78, 5) is 0. The fourth-order valence-corrected chi connectivity index (χ4v) is 2.48. The van der Waals surface area contributed by atoms with Gasteiger partial charge < -0.3 is 19.3 Å². The standard InChI is InChI=1S/C17H28INO4/c1-5-22-17(12-21-4)14-6-8-16(9-7-14)23-11-15(20)10-19(18)13(2)3/h6-9,13,15,17,20H,5,10-12H2,1-4H3. The largest absolute Gasteiger partial charge is 0.491 e. The quantitative estimate of drug-likeness (QED) is 0.426. The lowest BCUT2D eigenvalue weighted by Crippen LogP contribution is -2.33. The molecule has 2 atom stereocenters. The predicted molar refractivity (Wildman–Crippen MR) is 100 cm³/mol. The van der Waals surface area contributed by atoms with Crippen LogP contribution in [-0.4, -0.2) is 53.8 Å². The molecule has 6 heteroatoms. The summed E-state index contributed by atoms with van der Waals surface area (Å²) in [5, 5.41) is 10.0. The van der Waals surface area contributed by atoms with E-state index in [1.54, 1.807) is 7.11 Å². The molecule has 0 spiro atoms. The molecule has 0 fully saturated rings. The van der Waals surface area contributed by atoms with Gasteiger partial charge in [-0.05, 0) is 38.5 Å². The van der Waals surface area contributed by atoms with Crippen molar-refractivity contribution in [3.05, 3.63) is 29.8 Å². The van der Waals surface area contributed by atoms with Gasteiger partial charge in [0, 0.05) is 49.2 Å². The Hall–Kier alpha value is -0.410. The minimum absolute atomic E-state index is 0.0664. The Kier molecular flexibility index (Phi) is 10.0. The molecule has 0 aromatic heterocycles. The first-order chi connectivity index (χ1) is 11.0. The maximum absolute atomic E-state index is 10.0. The molecule has 0 aliphatic heterocycles. The van der Waals surface area contributed by atoms with Gasteiger partial charge >= 0.3 is 0 Å². The zero-order valence-corrected chi connectivity index (χ0v) is 16.5. The number of benzene rings is 1. The SMILES string of the molecule is CCOC(COC)c1ccc(OCC(O)CN(I)C(C)C)cc1. The fraction of sp³-hybridized carbons (Fsp3) is 0.647. The smallest absolute Gasteiger partial charge is 0.119 e. The summed E-state index contributed by atoms with van der Waals surface area (Å²) in [6, 6.07) is 8.13. The van der Waals surface area contributed by atoms with Crippen molar-refractivity contribution in [2.45, 2.75) is 39.0 Å². The second kappa shape index (κ2) is 11.2. The van der Waals surface area contributed by atoms with Crippen LogP contribution in [0, 0.1) is 0 Å². The Morgan fingerprint density at radius 1 is 1.17 bits per heavy atom. The van der Waals surface area contributed by atoms with Crippen molar-refractivity contribution in [1.29, 1.82) is 0 Å². The Balaban J connectivity index is 2.50. The van der Waals surface area contributed by atoms with Crippen LogP contribution in [0.15, 0.2) is 24.3 Å². The molecule has 0 bridgehead atoms. The summed E-state index contributed by atoms with van der Waals surface area (Å²) in [6.07, 6.45) is -0.582. The van der Waals surface area contributed by atoms with Crippen LogP contribution in [-0.2, 0) is 9.47 Å². The lowest BCUT2D eigenvalue weighted by Gasteiger charge is -2.22. The number of aliphatic hydroxyl groups is 1. The molecular formula is C17H28INO4. The molecule has 0 saturated carbocycles. The molecule has 0 heterocycles. The first-order valence-electron chi connectivity index (χ1n) is 7.91. The second-order valence-electron chi connectivity index (χ2n) is 5.61. The van der Waals surface area contributed by atoms with Crippen LogP contribution >= 0.6 is 22.9 Å². The monoisotopic (exact) mass is 437 g/mol. The van der Waals surface area contributed by atoms with Crippen molar-refractivity contribution < 1.29 is 19.3 Å². The van der Waals surface area contributed by atoms with Crippen molar-refractivity contribution in [3.8, 4) is 5.75 Å². The first kappa shape index (κ1) is 20.6. The van der Waals surface area contributed by atoms with Gasteiger partial charge in [0.05, 0.1) is 6.61 Å². The molecule has 0 aliphatic rings. The minimum Gasteiger partial charge on any atom is -0.491 e. The summed E-state index contributed by atoms with van der Waals surface area (Å²) in [6.45, 7) is 8.17. The summed E-state index contributed by atoms with van der Waals surface area (Å²) in [5.41, 5.74) is 1.06. The van der Waals surface area contributed by atoms with E-state index in [4.69, 9.17) is 14.2 Å². The molecule has 1 N–H and O–H groups in total. The van der Waals surface area contributed by atoms with Gasteiger partial charge in [0.15, 0.2) is 0 Å². The molecule has 1 aromatic carbocycles. The van der Waals surface area contributed by atoms with Gasteiger partial charge in [-0.3, -0.25) is 0 Å². The van der Waals surface area contributed by atoms with E-state index in [-0.39, 0.29) is 12.7 Å². The number of ether oxygens (including phenoxy) is 3. The van der Waals surface area contributed by atoms with E-state index < -0.39 is 6.10 Å². The molecule has 2 unspecified atom stereocenters. The van der Waals surface area contributed by atoms with E-state index in [1.165, 1.54) is 0 Å². The molecule has 0 aliphatic carbocycles. The zero-order valence-electron chi connectivity index (χ0n) is 14.4. The molecule has 5 nitrogen and oxygen atoms in total. The summed E-state index contributed by atoms with van der Waals surface area (Å²) in [7, 11) is 1.67. The van der Waals surface area contributed by atoms with Crippen LogP contribution in [0.25, 0.3) is 0 Å². The van der Waals surface area contributed by atoms with Crippen LogP contribution in [0.5, 0.6) is 5.75 Å². The number of hydrogen-bond acceptors (Lipinski definition) is 5. The van der Waals surface area contributed by atoms with E-state index in [9.17, 15) is 5.11 Å². The van der Waals surface area contributed by atoms with E-state index >= 15 is 0 Å². The molecular weight excluding hydrogens is 409 g/mol. The lowest BCUT2D eigenvalue weighted by atomic mass is 10.1. The molecule has 132 valence electrons. The van der Waals surface area contributed by atoms with E-state index in [0.29, 0.717) is 25.8 Å². The maximum atomic E-state index is 10.0. The highest BCUT2D eigenvalue weighted by molar-refractivity contribution is 14.1. The second-order valence-corrected chi connectivity index (χ2v) is 6.85.